The van der Waals surface area contributed by atoms with Crippen LogP contribution in [0.3, 0.4) is 0 Å². The molecule has 1 atom stereocenters. The van der Waals surface area contributed by atoms with Crippen molar-refractivity contribution in [2.24, 2.45) is 5.92 Å². The first-order valence-electron chi connectivity index (χ1n) is 5.76. The van der Waals surface area contributed by atoms with Crippen molar-refractivity contribution in [1.82, 2.24) is 10.2 Å². The number of carboxylic acid groups (broad SMARTS) is 1. The topological polar surface area (TPSA) is 69.6 Å². The van der Waals surface area contributed by atoms with Gasteiger partial charge in [0.1, 0.15) is 5.92 Å². The lowest BCUT2D eigenvalue weighted by Gasteiger charge is -2.30. The lowest BCUT2D eigenvalue weighted by molar-refractivity contribution is -0.147. The van der Waals surface area contributed by atoms with Crippen molar-refractivity contribution in [3.8, 4) is 0 Å². The fourth-order valence-electron chi connectivity index (χ4n) is 1.93. The Labute approximate surface area is 95.8 Å². The molecule has 1 heterocycles. The van der Waals surface area contributed by atoms with Crippen molar-refractivity contribution < 1.29 is 14.7 Å². The number of nitrogens with zero attached hydrogens (tertiary/aromatic N) is 1. The second-order valence-electron chi connectivity index (χ2n) is 4.39. The lowest BCUT2D eigenvalue weighted by atomic mass is 10.0. The molecule has 0 radical (unpaired) electrons. The summed E-state index contributed by atoms with van der Waals surface area (Å²) >= 11 is 0. The van der Waals surface area contributed by atoms with Gasteiger partial charge >= 0.3 is 5.97 Å². The molecular weight excluding hydrogens is 208 g/mol. The van der Waals surface area contributed by atoms with E-state index in [1.165, 1.54) is 0 Å². The summed E-state index contributed by atoms with van der Waals surface area (Å²) in [6, 6.07) is 0.136. The average molecular weight is 228 g/mol. The van der Waals surface area contributed by atoms with Crippen LogP contribution in [0, 0.1) is 5.92 Å². The monoisotopic (exact) mass is 228 g/mol. The first-order chi connectivity index (χ1) is 7.54. The predicted molar refractivity (Wildman–Crippen MR) is 60.1 cm³/mol. The smallest absolute Gasteiger partial charge is 0.316 e. The third-order valence-electron chi connectivity index (χ3n) is 3.09. The molecule has 1 rings (SSSR count). The minimum atomic E-state index is -1.03. The van der Waals surface area contributed by atoms with Crippen LogP contribution in [0.2, 0.25) is 0 Å². The number of rotatable bonds is 4. The minimum Gasteiger partial charge on any atom is -0.481 e. The number of amides is 1. The first kappa shape index (κ1) is 13.0. The molecule has 1 amide bonds. The van der Waals surface area contributed by atoms with Crippen LogP contribution in [0.5, 0.6) is 0 Å². The van der Waals surface area contributed by atoms with Gasteiger partial charge in [0.25, 0.3) is 0 Å². The highest BCUT2D eigenvalue weighted by Gasteiger charge is 2.27. The van der Waals surface area contributed by atoms with Crippen molar-refractivity contribution in [3.63, 3.8) is 0 Å². The Balaban J connectivity index is 2.41. The van der Waals surface area contributed by atoms with Crippen molar-refractivity contribution >= 4 is 11.9 Å². The first-order valence-corrected chi connectivity index (χ1v) is 5.76. The van der Waals surface area contributed by atoms with Crippen LogP contribution in [0.25, 0.3) is 0 Å². The van der Waals surface area contributed by atoms with Crippen molar-refractivity contribution in [2.75, 3.05) is 20.1 Å². The zero-order valence-electron chi connectivity index (χ0n) is 9.90. The molecule has 5 nitrogen and oxygen atoms in total. The largest absolute Gasteiger partial charge is 0.481 e. The summed E-state index contributed by atoms with van der Waals surface area (Å²) in [4.78, 5) is 24.7. The number of carbonyl (C=O) groups is 2. The molecule has 1 aliphatic heterocycles. The molecule has 1 fully saturated rings. The maximum Gasteiger partial charge on any atom is 0.316 e. The third-order valence-corrected chi connectivity index (χ3v) is 3.09. The highest BCUT2D eigenvalue weighted by atomic mass is 16.4. The third kappa shape index (κ3) is 3.48. The van der Waals surface area contributed by atoms with Gasteiger partial charge in [-0.3, -0.25) is 9.59 Å². The molecular formula is C11H20N2O3. The maximum absolute atomic E-state index is 11.7. The Hall–Kier alpha value is -1.10. The van der Waals surface area contributed by atoms with Crippen molar-refractivity contribution in [1.29, 1.82) is 0 Å². The second-order valence-corrected chi connectivity index (χ2v) is 4.39. The molecule has 0 aromatic carbocycles. The van der Waals surface area contributed by atoms with E-state index in [1.54, 1.807) is 6.92 Å². The highest BCUT2D eigenvalue weighted by Crippen LogP contribution is 2.10. The van der Waals surface area contributed by atoms with Crippen molar-refractivity contribution in [3.05, 3.63) is 0 Å². The van der Waals surface area contributed by atoms with Crippen LogP contribution < -0.4 is 5.32 Å². The van der Waals surface area contributed by atoms with Gasteiger partial charge in [0.2, 0.25) is 5.91 Å². The molecule has 0 aromatic rings. The normalized spacial score (nSPS) is 20.4. The van der Waals surface area contributed by atoms with E-state index in [1.807, 2.05) is 7.05 Å². The van der Waals surface area contributed by atoms with Crippen LogP contribution in [-0.2, 0) is 9.59 Å². The molecule has 16 heavy (non-hydrogen) atoms. The Morgan fingerprint density at radius 3 is 2.44 bits per heavy atom. The van der Waals surface area contributed by atoms with Gasteiger partial charge in [0.15, 0.2) is 0 Å². The minimum absolute atomic E-state index is 0.136. The average Bonchev–Trinajstić information content (AvgIpc) is 2.22. The van der Waals surface area contributed by atoms with Gasteiger partial charge in [-0.1, -0.05) is 6.92 Å². The van der Waals surface area contributed by atoms with Crippen LogP contribution in [-0.4, -0.2) is 48.1 Å². The quantitative estimate of drug-likeness (QED) is 0.679. The number of likely N-dealkylation sites (tertiary alicyclic amines) is 1. The maximum atomic E-state index is 11.7. The molecule has 0 saturated carbocycles. The van der Waals surface area contributed by atoms with Gasteiger partial charge in [-0.15, -0.1) is 0 Å². The Bertz CT molecular complexity index is 260. The van der Waals surface area contributed by atoms with Crippen LogP contribution in [0.4, 0.5) is 0 Å². The fraction of sp³-hybridized carbons (Fsp3) is 0.818. The number of carboxylic acids is 1. The number of piperidine rings is 1. The summed E-state index contributed by atoms with van der Waals surface area (Å²) in [5, 5.41) is 11.7. The summed E-state index contributed by atoms with van der Waals surface area (Å²) in [5.74, 6) is -2.28. The number of hydrogen-bond donors (Lipinski definition) is 2. The molecule has 0 bridgehead atoms. The second kappa shape index (κ2) is 5.84. The van der Waals surface area contributed by atoms with Gasteiger partial charge in [-0.2, -0.15) is 0 Å². The van der Waals surface area contributed by atoms with E-state index in [9.17, 15) is 9.59 Å². The van der Waals surface area contributed by atoms with E-state index in [0.717, 1.165) is 25.9 Å². The Kier molecular flexibility index (Phi) is 4.73. The number of aliphatic carboxylic acids is 1. The summed E-state index contributed by atoms with van der Waals surface area (Å²) in [6.45, 7) is 3.62. The van der Waals surface area contributed by atoms with Crippen LogP contribution >= 0.6 is 0 Å². The highest BCUT2D eigenvalue weighted by molar-refractivity contribution is 5.96. The molecule has 0 spiro atoms. The van der Waals surface area contributed by atoms with Gasteiger partial charge in [0.05, 0.1) is 0 Å². The molecule has 5 heteroatoms. The summed E-state index contributed by atoms with van der Waals surface area (Å²) in [5.41, 5.74) is 0. The molecule has 2 N–H and O–H groups in total. The molecule has 1 saturated heterocycles. The summed E-state index contributed by atoms with van der Waals surface area (Å²) in [7, 11) is 2.05. The Morgan fingerprint density at radius 2 is 2.00 bits per heavy atom. The van der Waals surface area contributed by atoms with Crippen LogP contribution in [0.1, 0.15) is 26.2 Å². The zero-order chi connectivity index (χ0) is 12.1. The van der Waals surface area contributed by atoms with E-state index in [-0.39, 0.29) is 11.9 Å². The van der Waals surface area contributed by atoms with Gasteiger partial charge in [-0.25, -0.2) is 0 Å². The van der Waals surface area contributed by atoms with Gasteiger partial charge in [0, 0.05) is 6.04 Å². The predicted octanol–water partition coefficient (Wildman–Crippen LogP) is 0.308. The van der Waals surface area contributed by atoms with E-state index in [4.69, 9.17) is 5.11 Å². The fourth-order valence-corrected chi connectivity index (χ4v) is 1.93. The summed E-state index contributed by atoms with van der Waals surface area (Å²) in [6.07, 6.45) is 2.14. The van der Waals surface area contributed by atoms with Crippen LogP contribution in [0.15, 0.2) is 0 Å². The summed E-state index contributed by atoms with van der Waals surface area (Å²) < 4.78 is 0. The number of carbonyl (C=O) groups excluding carboxylic acids is 1. The van der Waals surface area contributed by atoms with Gasteiger partial charge in [-0.05, 0) is 39.4 Å². The van der Waals surface area contributed by atoms with E-state index in [0.29, 0.717) is 6.42 Å². The number of nitrogens with one attached hydrogen (secondary N) is 1. The molecule has 1 unspecified atom stereocenters. The zero-order valence-corrected chi connectivity index (χ0v) is 9.90. The Morgan fingerprint density at radius 1 is 1.44 bits per heavy atom. The standard InChI is InChI=1S/C11H20N2O3/c1-3-9(11(15)16)10(14)12-8-4-6-13(2)7-5-8/h8-9H,3-7H2,1-2H3,(H,12,14)(H,15,16). The molecule has 0 aromatic heterocycles. The molecule has 92 valence electrons. The van der Waals surface area contributed by atoms with Gasteiger partial charge < -0.3 is 15.3 Å². The van der Waals surface area contributed by atoms with E-state index < -0.39 is 11.9 Å². The molecule has 0 aliphatic carbocycles. The lowest BCUT2D eigenvalue weighted by Crippen LogP contribution is -2.46. The van der Waals surface area contributed by atoms with E-state index >= 15 is 0 Å². The number of hydrogen-bond acceptors (Lipinski definition) is 3. The van der Waals surface area contributed by atoms with Crippen molar-refractivity contribution in [2.45, 2.75) is 32.2 Å². The van der Waals surface area contributed by atoms with E-state index in [2.05, 4.69) is 10.2 Å². The molecule has 1 aliphatic rings. The SMILES string of the molecule is CCC(C(=O)O)C(=O)NC1CCN(C)CC1.